The molecule has 0 aromatic carbocycles. The smallest absolute Gasteiger partial charge is 0.260 e. The summed E-state index contributed by atoms with van der Waals surface area (Å²) in [7, 11) is 0. The van der Waals surface area contributed by atoms with Crippen LogP contribution in [-0.2, 0) is 11.3 Å². The summed E-state index contributed by atoms with van der Waals surface area (Å²) < 4.78 is 1.39. The molecule has 4 bridgehead atoms. The van der Waals surface area contributed by atoms with Crippen molar-refractivity contribution in [3.8, 4) is 0 Å². The fourth-order valence-electron chi connectivity index (χ4n) is 6.03. The fraction of sp³-hybridized carbons (Fsp3) is 0.650. The summed E-state index contributed by atoms with van der Waals surface area (Å²) in [6, 6.07) is 4.87. The van der Waals surface area contributed by atoms with Gasteiger partial charge in [0.05, 0.1) is 0 Å². The van der Waals surface area contributed by atoms with Gasteiger partial charge >= 0.3 is 0 Å². The Morgan fingerprint density at radius 3 is 2.44 bits per heavy atom. The second-order valence-corrected chi connectivity index (χ2v) is 8.64. The molecule has 0 radical (unpaired) electrons. The van der Waals surface area contributed by atoms with Gasteiger partial charge in [-0.1, -0.05) is 6.07 Å². The Morgan fingerprint density at radius 1 is 1.20 bits per heavy atom. The topological polar surface area (TPSA) is 63.5 Å². The van der Waals surface area contributed by atoms with Gasteiger partial charge in [-0.3, -0.25) is 9.59 Å². The summed E-state index contributed by atoms with van der Waals surface area (Å²) in [5.41, 5.74) is 3.90. The molecule has 1 aromatic heterocycles. The van der Waals surface area contributed by atoms with Crippen molar-refractivity contribution in [1.82, 2.24) is 9.99 Å². The number of hydrazone groups is 1. The molecule has 25 heavy (non-hydrogen) atoms. The first-order valence-electron chi connectivity index (χ1n) is 9.49. The highest BCUT2D eigenvalue weighted by Crippen LogP contribution is 2.61. The summed E-state index contributed by atoms with van der Waals surface area (Å²) in [6.45, 7) is 2.03. The molecule has 1 heterocycles. The van der Waals surface area contributed by atoms with E-state index in [4.69, 9.17) is 0 Å². The van der Waals surface area contributed by atoms with Gasteiger partial charge in [-0.05, 0) is 81.1 Å². The maximum absolute atomic E-state index is 12.1. The summed E-state index contributed by atoms with van der Waals surface area (Å²) in [5, 5.41) is 4.33. The fourth-order valence-corrected chi connectivity index (χ4v) is 6.03. The Bertz CT molecular complexity index is 714. The third-order valence-electron chi connectivity index (χ3n) is 6.38. The zero-order valence-electron chi connectivity index (χ0n) is 14.9. The largest absolute Gasteiger partial charge is 0.306 e. The maximum atomic E-state index is 12.1. The monoisotopic (exact) mass is 341 g/mol. The Hall–Kier alpha value is -1.91. The van der Waals surface area contributed by atoms with Crippen molar-refractivity contribution in [2.75, 3.05) is 0 Å². The van der Waals surface area contributed by atoms with Crippen LogP contribution in [0.2, 0.25) is 0 Å². The molecular formula is C20H27N3O2. The molecule has 0 spiro atoms. The molecular weight excluding hydrogens is 314 g/mol. The molecule has 0 saturated heterocycles. The summed E-state index contributed by atoms with van der Waals surface area (Å²) in [5.74, 6) is 2.54. The maximum Gasteiger partial charge on any atom is 0.260 e. The summed E-state index contributed by atoms with van der Waals surface area (Å²) in [6.07, 6.45) is 11.0. The van der Waals surface area contributed by atoms with Crippen molar-refractivity contribution in [2.24, 2.45) is 28.3 Å². The number of aromatic nitrogens is 1. The minimum Gasteiger partial charge on any atom is -0.306 e. The van der Waals surface area contributed by atoms with Gasteiger partial charge in [0.2, 0.25) is 0 Å². The van der Waals surface area contributed by atoms with Gasteiger partial charge in [0, 0.05) is 18.0 Å². The number of carbonyl (C=O) groups is 1. The third-order valence-corrected chi connectivity index (χ3v) is 6.38. The number of carbonyl (C=O) groups excluding carboxylic acids is 1. The first kappa shape index (κ1) is 16.6. The van der Waals surface area contributed by atoms with Crippen molar-refractivity contribution in [1.29, 1.82) is 0 Å². The van der Waals surface area contributed by atoms with Gasteiger partial charge < -0.3 is 4.57 Å². The van der Waals surface area contributed by atoms with Crippen molar-refractivity contribution < 1.29 is 4.79 Å². The van der Waals surface area contributed by atoms with Crippen LogP contribution in [0.1, 0.15) is 51.9 Å². The van der Waals surface area contributed by atoms with Gasteiger partial charge in [0.25, 0.3) is 11.5 Å². The van der Waals surface area contributed by atoms with E-state index in [1.165, 1.54) is 49.2 Å². The molecule has 4 fully saturated rings. The summed E-state index contributed by atoms with van der Waals surface area (Å²) >= 11 is 0. The van der Waals surface area contributed by atoms with Crippen LogP contribution in [0.15, 0.2) is 34.3 Å². The minimum atomic E-state index is -0.252. The highest BCUT2D eigenvalue weighted by Gasteiger charge is 2.50. The molecule has 5 heteroatoms. The van der Waals surface area contributed by atoms with Crippen LogP contribution in [0.3, 0.4) is 0 Å². The number of rotatable bonds is 5. The van der Waals surface area contributed by atoms with Gasteiger partial charge in [-0.25, -0.2) is 5.43 Å². The van der Waals surface area contributed by atoms with E-state index in [2.05, 4.69) is 10.5 Å². The Balaban J connectivity index is 1.35. The molecule has 0 atom stereocenters. The highest BCUT2D eigenvalue weighted by atomic mass is 16.2. The molecule has 4 saturated carbocycles. The molecule has 134 valence electrons. The van der Waals surface area contributed by atoms with E-state index in [1.54, 1.807) is 18.3 Å². The van der Waals surface area contributed by atoms with Crippen LogP contribution in [0.4, 0.5) is 0 Å². The number of pyridine rings is 1. The first-order chi connectivity index (χ1) is 12.0. The lowest BCUT2D eigenvalue weighted by atomic mass is 9.48. The lowest BCUT2D eigenvalue weighted by Gasteiger charge is -2.57. The zero-order chi connectivity index (χ0) is 17.4. The molecule has 5 nitrogen and oxygen atoms in total. The molecule has 0 unspecified atom stereocenters. The quantitative estimate of drug-likeness (QED) is 0.661. The Morgan fingerprint density at radius 2 is 1.84 bits per heavy atom. The SMILES string of the molecule is C/C(CC12CC3CC(CC(C3)C1)C2)=N/NC(=O)Cn1ccccc1=O. The van der Waals surface area contributed by atoms with Crippen LogP contribution >= 0.6 is 0 Å². The van der Waals surface area contributed by atoms with Crippen LogP contribution in [0, 0.1) is 23.2 Å². The van der Waals surface area contributed by atoms with E-state index >= 15 is 0 Å². The van der Waals surface area contributed by atoms with Gasteiger partial charge in [0.1, 0.15) is 6.54 Å². The molecule has 4 aliphatic rings. The number of nitrogens with zero attached hydrogens (tertiary/aromatic N) is 2. The van der Waals surface area contributed by atoms with Gasteiger partial charge in [0.15, 0.2) is 0 Å². The predicted octanol–water partition coefficient (Wildman–Crippen LogP) is 2.95. The molecule has 5 rings (SSSR count). The predicted molar refractivity (Wildman–Crippen MR) is 97.2 cm³/mol. The van der Waals surface area contributed by atoms with Crippen LogP contribution < -0.4 is 11.0 Å². The van der Waals surface area contributed by atoms with Crippen LogP contribution in [-0.4, -0.2) is 16.2 Å². The average molecular weight is 341 g/mol. The number of hydrogen-bond acceptors (Lipinski definition) is 3. The van der Waals surface area contributed by atoms with E-state index in [-0.39, 0.29) is 18.0 Å². The van der Waals surface area contributed by atoms with Gasteiger partial charge in [-0.2, -0.15) is 5.10 Å². The first-order valence-corrected chi connectivity index (χ1v) is 9.49. The highest BCUT2D eigenvalue weighted by molar-refractivity contribution is 5.84. The van der Waals surface area contributed by atoms with E-state index in [0.29, 0.717) is 5.41 Å². The second-order valence-electron chi connectivity index (χ2n) is 8.64. The number of hydrogen-bond donors (Lipinski definition) is 1. The Labute approximate surface area is 148 Å². The normalized spacial score (nSPS) is 33.5. The van der Waals surface area contributed by atoms with Gasteiger partial charge in [-0.15, -0.1) is 0 Å². The minimum absolute atomic E-state index is 0.00776. The molecule has 1 N–H and O–H groups in total. The Kier molecular flexibility index (Phi) is 4.26. The molecule has 1 amide bonds. The van der Waals surface area contributed by atoms with E-state index in [1.807, 2.05) is 6.92 Å². The van der Waals surface area contributed by atoms with Crippen molar-refractivity contribution in [3.05, 3.63) is 34.7 Å². The number of nitrogens with one attached hydrogen (secondary N) is 1. The lowest BCUT2D eigenvalue weighted by Crippen LogP contribution is -2.46. The standard InChI is InChI=1S/C20H27N3O2/c1-14(21-22-18(24)13-23-5-3-2-4-19(23)25)9-20-10-15-6-16(11-20)8-17(7-15)12-20/h2-5,15-17H,6-13H2,1H3,(H,22,24)/b21-14-. The lowest BCUT2D eigenvalue weighted by molar-refractivity contribution is -0.121. The average Bonchev–Trinajstić information content (AvgIpc) is 2.53. The second kappa shape index (κ2) is 6.43. The third kappa shape index (κ3) is 3.55. The van der Waals surface area contributed by atoms with Crippen LogP contribution in [0.25, 0.3) is 0 Å². The number of amides is 1. The zero-order valence-corrected chi connectivity index (χ0v) is 14.9. The summed E-state index contributed by atoms with van der Waals surface area (Å²) in [4.78, 5) is 23.7. The van der Waals surface area contributed by atoms with Crippen molar-refractivity contribution in [2.45, 2.75) is 58.4 Å². The van der Waals surface area contributed by atoms with E-state index < -0.39 is 0 Å². The van der Waals surface area contributed by atoms with Crippen LogP contribution in [0.5, 0.6) is 0 Å². The van der Waals surface area contributed by atoms with E-state index in [9.17, 15) is 9.59 Å². The molecule has 4 aliphatic carbocycles. The van der Waals surface area contributed by atoms with Crippen molar-refractivity contribution in [3.63, 3.8) is 0 Å². The molecule has 1 aromatic rings. The van der Waals surface area contributed by atoms with Crippen molar-refractivity contribution >= 4 is 11.6 Å². The molecule has 0 aliphatic heterocycles. The van der Waals surface area contributed by atoms with E-state index in [0.717, 1.165) is 29.9 Å².